The molecule has 0 fully saturated rings. The van der Waals surface area contributed by atoms with Crippen LogP contribution in [0.1, 0.15) is 35.7 Å². The SMILES string of the molecule is COc1cc2c(c(OC)c1OC)C(=O)CC(C)CC2. The molecule has 4 nitrogen and oxygen atoms in total. The van der Waals surface area contributed by atoms with Gasteiger partial charge in [0, 0.05) is 6.42 Å². The molecule has 0 aromatic heterocycles. The van der Waals surface area contributed by atoms with E-state index in [2.05, 4.69) is 6.92 Å². The van der Waals surface area contributed by atoms with Crippen LogP contribution < -0.4 is 14.2 Å². The predicted octanol–water partition coefficient (Wildman–Crippen LogP) is 2.87. The third kappa shape index (κ3) is 2.39. The average Bonchev–Trinajstić information content (AvgIpc) is 2.55. The number of hydrogen-bond donors (Lipinski definition) is 0. The maximum atomic E-state index is 12.4. The van der Waals surface area contributed by atoms with E-state index in [9.17, 15) is 4.79 Å². The van der Waals surface area contributed by atoms with Crippen LogP contribution in [0.4, 0.5) is 0 Å². The molecule has 2 rings (SSSR count). The lowest BCUT2D eigenvalue weighted by Gasteiger charge is -2.17. The summed E-state index contributed by atoms with van der Waals surface area (Å²) in [5.74, 6) is 2.11. The number of Topliss-reactive ketones (excluding diaryl/α,β-unsaturated/α-hetero) is 1. The van der Waals surface area contributed by atoms with Crippen molar-refractivity contribution in [3.05, 3.63) is 17.2 Å². The molecule has 4 heteroatoms. The van der Waals surface area contributed by atoms with E-state index in [0.717, 1.165) is 18.4 Å². The molecule has 1 aromatic carbocycles. The molecule has 0 bridgehead atoms. The first-order valence-corrected chi connectivity index (χ1v) is 6.47. The van der Waals surface area contributed by atoms with Crippen LogP contribution in [0, 0.1) is 5.92 Å². The van der Waals surface area contributed by atoms with Crippen LogP contribution in [-0.2, 0) is 6.42 Å². The van der Waals surface area contributed by atoms with Crippen LogP contribution in [0.5, 0.6) is 17.2 Å². The monoisotopic (exact) mass is 264 g/mol. The van der Waals surface area contributed by atoms with Crippen molar-refractivity contribution in [1.29, 1.82) is 0 Å². The number of benzene rings is 1. The highest BCUT2D eigenvalue weighted by Crippen LogP contribution is 2.44. The topological polar surface area (TPSA) is 44.8 Å². The Labute approximate surface area is 113 Å². The van der Waals surface area contributed by atoms with Crippen LogP contribution in [0.2, 0.25) is 0 Å². The molecule has 0 amide bonds. The van der Waals surface area contributed by atoms with E-state index in [-0.39, 0.29) is 5.78 Å². The van der Waals surface area contributed by atoms with Gasteiger partial charge in [-0.15, -0.1) is 0 Å². The van der Waals surface area contributed by atoms with Gasteiger partial charge in [0.25, 0.3) is 0 Å². The van der Waals surface area contributed by atoms with Crippen molar-refractivity contribution in [2.24, 2.45) is 5.92 Å². The molecule has 1 unspecified atom stereocenters. The molecule has 0 saturated heterocycles. The Morgan fingerprint density at radius 3 is 2.37 bits per heavy atom. The summed E-state index contributed by atoms with van der Waals surface area (Å²) in [5, 5.41) is 0. The second kappa shape index (κ2) is 5.51. The highest BCUT2D eigenvalue weighted by atomic mass is 16.5. The van der Waals surface area contributed by atoms with E-state index < -0.39 is 0 Å². The number of aryl methyl sites for hydroxylation is 1. The smallest absolute Gasteiger partial charge is 0.204 e. The molecular weight excluding hydrogens is 244 g/mol. The van der Waals surface area contributed by atoms with E-state index in [1.165, 1.54) is 0 Å². The Bertz CT molecular complexity index is 493. The summed E-state index contributed by atoms with van der Waals surface area (Å²) in [7, 11) is 4.70. The minimum absolute atomic E-state index is 0.123. The molecule has 0 saturated carbocycles. The lowest BCUT2D eigenvalue weighted by Crippen LogP contribution is -2.08. The van der Waals surface area contributed by atoms with Gasteiger partial charge in [-0.25, -0.2) is 0 Å². The zero-order chi connectivity index (χ0) is 14.0. The van der Waals surface area contributed by atoms with E-state index >= 15 is 0 Å². The molecule has 104 valence electrons. The second-order valence-corrected chi connectivity index (χ2v) is 4.95. The van der Waals surface area contributed by atoms with Crippen molar-refractivity contribution in [3.63, 3.8) is 0 Å². The summed E-state index contributed by atoms with van der Waals surface area (Å²) in [5.41, 5.74) is 1.65. The molecule has 0 N–H and O–H groups in total. The van der Waals surface area contributed by atoms with E-state index in [1.54, 1.807) is 21.3 Å². The Hall–Kier alpha value is -1.71. The summed E-state index contributed by atoms with van der Waals surface area (Å²) in [4.78, 5) is 12.4. The molecule has 1 aromatic rings. The van der Waals surface area contributed by atoms with E-state index in [0.29, 0.717) is 35.2 Å². The summed E-state index contributed by atoms with van der Waals surface area (Å²) in [6, 6.07) is 1.90. The quantitative estimate of drug-likeness (QED) is 0.787. The van der Waals surface area contributed by atoms with Gasteiger partial charge < -0.3 is 14.2 Å². The van der Waals surface area contributed by atoms with E-state index in [4.69, 9.17) is 14.2 Å². The summed E-state index contributed by atoms with van der Waals surface area (Å²) >= 11 is 0. The van der Waals surface area contributed by atoms with Crippen LogP contribution in [0.3, 0.4) is 0 Å². The number of ether oxygens (including phenoxy) is 3. The van der Waals surface area contributed by atoms with Gasteiger partial charge in [-0.3, -0.25) is 4.79 Å². The zero-order valence-electron chi connectivity index (χ0n) is 11.9. The van der Waals surface area contributed by atoms with Crippen molar-refractivity contribution in [2.45, 2.75) is 26.2 Å². The molecule has 0 heterocycles. The largest absolute Gasteiger partial charge is 0.493 e. The maximum Gasteiger partial charge on any atom is 0.204 e. The number of fused-ring (bicyclic) bond motifs is 1. The maximum absolute atomic E-state index is 12.4. The van der Waals surface area contributed by atoms with Crippen LogP contribution >= 0.6 is 0 Å². The molecule has 1 atom stereocenters. The average molecular weight is 264 g/mol. The number of ketones is 1. The number of rotatable bonds is 3. The van der Waals surface area contributed by atoms with Gasteiger partial charge in [0.2, 0.25) is 5.75 Å². The molecule has 0 spiro atoms. The van der Waals surface area contributed by atoms with Gasteiger partial charge in [0.05, 0.1) is 26.9 Å². The molecule has 0 aliphatic heterocycles. The lowest BCUT2D eigenvalue weighted by molar-refractivity contribution is 0.0963. The molecule has 0 radical (unpaired) electrons. The van der Waals surface area contributed by atoms with Crippen LogP contribution in [0.25, 0.3) is 0 Å². The summed E-state index contributed by atoms with van der Waals surface area (Å²) in [6.07, 6.45) is 2.41. The standard InChI is InChI=1S/C15H20O4/c1-9-5-6-10-8-12(17-2)14(18-3)15(19-4)13(10)11(16)7-9/h8-9H,5-7H2,1-4H3. The van der Waals surface area contributed by atoms with Crippen LogP contribution in [0.15, 0.2) is 6.07 Å². The number of carbonyl (C=O) groups is 1. The van der Waals surface area contributed by atoms with Crippen molar-refractivity contribution < 1.29 is 19.0 Å². The summed E-state index contributed by atoms with van der Waals surface area (Å²) < 4.78 is 16.1. The van der Waals surface area contributed by atoms with E-state index in [1.807, 2.05) is 6.07 Å². The molecular formula is C15H20O4. The fraction of sp³-hybridized carbons (Fsp3) is 0.533. The molecule has 1 aliphatic carbocycles. The van der Waals surface area contributed by atoms with Crippen molar-refractivity contribution in [3.8, 4) is 17.2 Å². The fourth-order valence-electron chi connectivity index (χ4n) is 2.63. The lowest BCUT2D eigenvalue weighted by atomic mass is 9.99. The molecule has 19 heavy (non-hydrogen) atoms. The Morgan fingerprint density at radius 2 is 1.79 bits per heavy atom. The summed E-state index contributed by atoms with van der Waals surface area (Å²) in [6.45, 7) is 2.10. The molecule has 1 aliphatic rings. The van der Waals surface area contributed by atoms with Crippen LogP contribution in [-0.4, -0.2) is 27.1 Å². The van der Waals surface area contributed by atoms with Gasteiger partial charge >= 0.3 is 0 Å². The Kier molecular flexibility index (Phi) is 3.98. The second-order valence-electron chi connectivity index (χ2n) is 4.95. The minimum Gasteiger partial charge on any atom is -0.493 e. The first-order chi connectivity index (χ1) is 9.12. The van der Waals surface area contributed by atoms with Gasteiger partial charge in [-0.05, 0) is 30.4 Å². The van der Waals surface area contributed by atoms with Crippen molar-refractivity contribution in [1.82, 2.24) is 0 Å². The third-order valence-electron chi connectivity index (χ3n) is 3.63. The number of methoxy groups -OCH3 is 3. The van der Waals surface area contributed by atoms with Gasteiger partial charge in [0.15, 0.2) is 17.3 Å². The van der Waals surface area contributed by atoms with Crippen molar-refractivity contribution >= 4 is 5.78 Å². The fourth-order valence-corrected chi connectivity index (χ4v) is 2.63. The number of hydrogen-bond acceptors (Lipinski definition) is 4. The van der Waals surface area contributed by atoms with Gasteiger partial charge in [0.1, 0.15) is 0 Å². The highest BCUT2D eigenvalue weighted by Gasteiger charge is 2.28. The number of carbonyl (C=O) groups excluding carboxylic acids is 1. The highest BCUT2D eigenvalue weighted by molar-refractivity contribution is 6.02. The first-order valence-electron chi connectivity index (χ1n) is 6.47. The Morgan fingerprint density at radius 1 is 1.11 bits per heavy atom. The predicted molar refractivity (Wildman–Crippen MR) is 72.5 cm³/mol. The minimum atomic E-state index is 0.123. The van der Waals surface area contributed by atoms with Gasteiger partial charge in [-0.1, -0.05) is 6.92 Å². The zero-order valence-corrected chi connectivity index (χ0v) is 11.9. The third-order valence-corrected chi connectivity index (χ3v) is 3.63. The first kappa shape index (κ1) is 13.7. The normalized spacial score (nSPS) is 18.5. The Balaban J connectivity index is 2.66. The van der Waals surface area contributed by atoms with Gasteiger partial charge in [-0.2, -0.15) is 0 Å². The van der Waals surface area contributed by atoms with Crippen molar-refractivity contribution in [2.75, 3.05) is 21.3 Å².